The molecule has 0 heterocycles. The predicted octanol–water partition coefficient (Wildman–Crippen LogP) is 2.77. The lowest BCUT2D eigenvalue weighted by Gasteiger charge is -2.29. The average molecular weight is 369 g/mol. The minimum absolute atomic E-state index is 0. The summed E-state index contributed by atoms with van der Waals surface area (Å²) in [5.41, 5.74) is 0. The van der Waals surface area contributed by atoms with E-state index in [1.807, 2.05) is 6.07 Å². The molecule has 5 heteroatoms. The second-order valence-electron chi connectivity index (χ2n) is 6.28. The van der Waals surface area contributed by atoms with E-state index in [2.05, 4.69) is 21.0 Å². The third-order valence-electron chi connectivity index (χ3n) is 3.58. The van der Waals surface area contributed by atoms with Crippen molar-refractivity contribution in [3.05, 3.63) is 28.2 Å². The molecule has 0 atom stereocenters. The summed E-state index contributed by atoms with van der Waals surface area (Å²) in [4.78, 5) is 0. The van der Waals surface area contributed by atoms with Gasteiger partial charge in [0.2, 0.25) is 6.73 Å². The fourth-order valence-electron chi connectivity index (χ4n) is 2.22. The van der Waals surface area contributed by atoms with E-state index < -0.39 is 0 Å². The number of hydrogen-bond acceptors (Lipinski definition) is 1. The van der Waals surface area contributed by atoms with Crippen LogP contribution in [-0.4, -0.2) is 31.9 Å². The SMILES string of the molecule is CCCCCCCC[N+](C)(C)COc1ccc(Cl)cc1Cl.[Cl-]. The highest BCUT2D eigenvalue weighted by atomic mass is 35.5. The van der Waals surface area contributed by atoms with Gasteiger partial charge in [0.15, 0.2) is 0 Å². The van der Waals surface area contributed by atoms with Crippen LogP contribution < -0.4 is 17.1 Å². The number of benzene rings is 1. The van der Waals surface area contributed by atoms with E-state index in [0.29, 0.717) is 22.5 Å². The number of unbranched alkanes of at least 4 members (excludes halogenated alkanes) is 5. The summed E-state index contributed by atoms with van der Waals surface area (Å²) in [6.07, 6.45) is 7.92. The quantitative estimate of drug-likeness (QED) is 0.350. The molecule has 0 unspecified atom stereocenters. The topological polar surface area (TPSA) is 9.23 Å². The molecule has 1 aromatic rings. The van der Waals surface area contributed by atoms with Crippen LogP contribution in [0, 0.1) is 0 Å². The molecule has 0 spiro atoms. The van der Waals surface area contributed by atoms with Crippen LogP contribution in [0.1, 0.15) is 45.4 Å². The van der Waals surface area contributed by atoms with Crippen LogP contribution in [0.4, 0.5) is 0 Å². The van der Waals surface area contributed by atoms with E-state index in [4.69, 9.17) is 27.9 Å². The van der Waals surface area contributed by atoms with Gasteiger partial charge in [-0.05, 0) is 31.0 Å². The van der Waals surface area contributed by atoms with Gasteiger partial charge in [0.25, 0.3) is 0 Å². The van der Waals surface area contributed by atoms with E-state index in [-0.39, 0.29) is 12.4 Å². The van der Waals surface area contributed by atoms with Gasteiger partial charge in [-0.3, -0.25) is 4.48 Å². The summed E-state index contributed by atoms with van der Waals surface area (Å²) in [7, 11) is 4.38. The van der Waals surface area contributed by atoms with E-state index in [0.717, 1.165) is 11.0 Å². The Hall–Kier alpha value is -0.150. The van der Waals surface area contributed by atoms with Crippen molar-refractivity contribution in [1.82, 2.24) is 0 Å². The highest BCUT2D eigenvalue weighted by Gasteiger charge is 2.16. The third-order valence-corrected chi connectivity index (χ3v) is 4.11. The molecule has 0 aromatic heterocycles. The molecule has 1 aromatic carbocycles. The summed E-state index contributed by atoms with van der Waals surface area (Å²) < 4.78 is 6.67. The zero-order valence-electron chi connectivity index (χ0n) is 13.9. The van der Waals surface area contributed by atoms with Gasteiger partial charge in [0.05, 0.1) is 25.7 Å². The zero-order valence-corrected chi connectivity index (χ0v) is 16.1. The highest BCUT2D eigenvalue weighted by Crippen LogP contribution is 2.27. The van der Waals surface area contributed by atoms with Crippen LogP contribution >= 0.6 is 23.2 Å². The number of halogens is 3. The van der Waals surface area contributed by atoms with E-state index in [1.165, 1.54) is 38.5 Å². The molecule has 22 heavy (non-hydrogen) atoms. The van der Waals surface area contributed by atoms with Gasteiger partial charge in [0, 0.05) is 5.02 Å². The Morgan fingerprint density at radius 1 is 1.00 bits per heavy atom. The normalized spacial score (nSPS) is 11.1. The highest BCUT2D eigenvalue weighted by molar-refractivity contribution is 6.35. The fourth-order valence-corrected chi connectivity index (χ4v) is 2.68. The van der Waals surface area contributed by atoms with E-state index >= 15 is 0 Å². The molecule has 0 aliphatic heterocycles. The summed E-state index contributed by atoms with van der Waals surface area (Å²) in [5, 5.41) is 1.20. The van der Waals surface area contributed by atoms with Crippen molar-refractivity contribution < 1.29 is 21.6 Å². The van der Waals surface area contributed by atoms with Crippen molar-refractivity contribution in [2.24, 2.45) is 0 Å². The first kappa shape index (κ1) is 21.9. The van der Waals surface area contributed by atoms with Gasteiger partial charge < -0.3 is 17.1 Å². The maximum Gasteiger partial charge on any atom is 0.223 e. The number of rotatable bonds is 10. The molecular weight excluding hydrogens is 341 g/mol. The maximum atomic E-state index is 6.12. The Bertz CT molecular complexity index is 424. The minimum atomic E-state index is 0. The van der Waals surface area contributed by atoms with Gasteiger partial charge in [-0.2, -0.15) is 0 Å². The van der Waals surface area contributed by atoms with Crippen molar-refractivity contribution in [2.45, 2.75) is 45.4 Å². The average Bonchev–Trinajstić information content (AvgIpc) is 2.42. The molecule has 0 saturated carbocycles. The summed E-state index contributed by atoms with van der Waals surface area (Å²) in [5.74, 6) is 0.704. The molecule has 0 aliphatic carbocycles. The zero-order chi connectivity index (χ0) is 15.7. The number of quaternary nitrogens is 1. The summed E-state index contributed by atoms with van der Waals surface area (Å²) in [6.45, 7) is 3.99. The maximum absolute atomic E-state index is 6.12. The first-order valence-corrected chi connectivity index (χ1v) is 8.60. The molecular formula is C17H28Cl3NO. The van der Waals surface area contributed by atoms with Crippen molar-refractivity contribution in [3.8, 4) is 5.75 Å². The van der Waals surface area contributed by atoms with Gasteiger partial charge >= 0.3 is 0 Å². The van der Waals surface area contributed by atoms with Gasteiger partial charge in [0.1, 0.15) is 5.75 Å². The second-order valence-corrected chi connectivity index (χ2v) is 7.12. The Morgan fingerprint density at radius 2 is 1.64 bits per heavy atom. The lowest BCUT2D eigenvalue weighted by Crippen LogP contribution is -3.00. The molecule has 0 fully saturated rings. The monoisotopic (exact) mass is 367 g/mol. The Balaban J connectivity index is 0.00000441. The molecule has 0 bridgehead atoms. The molecule has 0 amide bonds. The number of nitrogens with zero attached hydrogens (tertiary/aromatic N) is 1. The van der Waals surface area contributed by atoms with E-state index in [1.54, 1.807) is 12.1 Å². The Labute approximate surface area is 151 Å². The van der Waals surface area contributed by atoms with Crippen LogP contribution in [0.25, 0.3) is 0 Å². The first-order valence-electron chi connectivity index (χ1n) is 7.84. The van der Waals surface area contributed by atoms with Crippen LogP contribution in [0.2, 0.25) is 10.0 Å². The molecule has 0 saturated heterocycles. The number of hydrogen-bond donors (Lipinski definition) is 0. The predicted molar refractivity (Wildman–Crippen MR) is 92.3 cm³/mol. The third kappa shape index (κ3) is 9.09. The van der Waals surface area contributed by atoms with Gasteiger partial charge in [-0.15, -0.1) is 0 Å². The van der Waals surface area contributed by atoms with Crippen molar-refractivity contribution in [3.63, 3.8) is 0 Å². The molecule has 0 radical (unpaired) electrons. The van der Waals surface area contributed by atoms with Crippen molar-refractivity contribution >= 4 is 23.2 Å². The van der Waals surface area contributed by atoms with Gasteiger partial charge in [-0.25, -0.2) is 0 Å². The minimum Gasteiger partial charge on any atom is -1.00 e. The second kappa shape index (κ2) is 11.4. The Morgan fingerprint density at radius 3 is 2.27 bits per heavy atom. The lowest BCUT2D eigenvalue weighted by molar-refractivity contribution is -0.905. The van der Waals surface area contributed by atoms with Crippen LogP contribution in [-0.2, 0) is 0 Å². The van der Waals surface area contributed by atoms with Crippen LogP contribution in [0.15, 0.2) is 18.2 Å². The van der Waals surface area contributed by atoms with Crippen LogP contribution in [0.3, 0.4) is 0 Å². The molecule has 0 aliphatic rings. The summed E-state index contributed by atoms with van der Waals surface area (Å²) in [6, 6.07) is 5.35. The number of ether oxygens (including phenoxy) is 1. The molecule has 0 N–H and O–H groups in total. The van der Waals surface area contributed by atoms with E-state index in [9.17, 15) is 0 Å². The first-order chi connectivity index (χ1) is 9.94. The smallest absolute Gasteiger partial charge is 0.223 e. The largest absolute Gasteiger partial charge is 1.00 e. The lowest BCUT2D eigenvalue weighted by atomic mass is 10.1. The fraction of sp³-hybridized carbons (Fsp3) is 0.647. The van der Waals surface area contributed by atoms with Crippen molar-refractivity contribution in [2.75, 3.05) is 27.4 Å². The molecule has 1 rings (SSSR count). The standard InChI is InChI=1S/C17H28Cl2NO.ClH/c1-4-5-6-7-8-9-12-20(2,3)14-21-17-11-10-15(18)13-16(17)19;/h10-11,13H,4-9,12,14H2,1-3H3;1H/q+1;/p-1. The molecule has 2 nitrogen and oxygen atoms in total. The van der Waals surface area contributed by atoms with Crippen molar-refractivity contribution in [1.29, 1.82) is 0 Å². The van der Waals surface area contributed by atoms with Crippen LogP contribution in [0.5, 0.6) is 5.75 Å². The van der Waals surface area contributed by atoms with Gasteiger partial charge in [-0.1, -0.05) is 55.8 Å². The summed E-state index contributed by atoms with van der Waals surface area (Å²) >= 11 is 12.0. The Kier molecular flexibility index (Phi) is 11.3. The molecule has 128 valence electrons.